The molecule has 0 saturated heterocycles. The number of hydrogen-bond acceptors (Lipinski definition) is 4. The molecule has 3 aromatic rings. The van der Waals surface area contributed by atoms with Gasteiger partial charge in [0.25, 0.3) is 5.91 Å². The summed E-state index contributed by atoms with van der Waals surface area (Å²) in [7, 11) is -3.75. The van der Waals surface area contributed by atoms with E-state index in [1.54, 1.807) is 36.7 Å². The molecule has 1 amide bonds. The third-order valence-corrected chi connectivity index (χ3v) is 5.70. The molecule has 6 nitrogen and oxygen atoms in total. The highest BCUT2D eigenvalue weighted by atomic mass is 32.2. The van der Waals surface area contributed by atoms with Gasteiger partial charge in [-0.1, -0.05) is 36.4 Å². The summed E-state index contributed by atoms with van der Waals surface area (Å²) in [5, 5.41) is 2.83. The Morgan fingerprint density at radius 1 is 1.00 bits per heavy atom. The first kappa shape index (κ1) is 19.7. The zero-order chi connectivity index (χ0) is 20.0. The van der Waals surface area contributed by atoms with E-state index in [2.05, 4.69) is 15.0 Å². The van der Waals surface area contributed by atoms with Crippen LogP contribution in [0.5, 0.6) is 0 Å². The average molecular weight is 395 g/mol. The summed E-state index contributed by atoms with van der Waals surface area (Å²) >= 11 is 0. The largest absolute Gasteiger partial charge is 0.348 e. The van der Waals surface area contributed by atoms with Gasteiger partial charge in [0, 0.05) is 31.0 Å². The van der Waals surface area contributed by atoms with E-state index < -0.39 is 10.0 Å². The maximum Gasteiger partial charge on any atom is 0.251 e. The Morgan fingerprint density at radius 3 is 2.57 bits per heavy atom. The third-order valence-electron chi connectivity index (χ3n) is 4.30. The lowest BCUT2D eigenvalue weighted by Gasteiger charge is -2.10. The second-order valence-corrected chi connectivity index (χ2v) is 8.09. The molecule has 0 atom stereocenters. The summed E-state index contributed by atoms with van der Waals surface area (Å²) in [4.78, 5) is 16.5. The number of benzene rings is 2. The zero-order valence-electron chi connectivity index (χ0n) is 15.4. The molecule has 0 aliphatic heterocycles. The van der Waals surface area contributed by atoms with Crippen molar-refractivity contribution < 1.29 is 13.2 Å². The van der Waals surface area contributed by atoms with E-state index in [9.17, 15) is 13.2 Å². The molecule has 2 aromatic carbocycles. The van der Waals surface area contributed by atoms with Gasteiger partial charge >= 0.3 is 0 Å². The number of carbonyl (C=O) groups is 1. The molecule has 28 heavy (non-hydrogen) atoms. The van der Waals surface area contributed by atoms with Crippen molar-refractivity contribution in [1.29, 1.82) is 0 Å². The number of aryl methyl sites for hydroxylation is 1. The molecule has 0 aliphatic rings. The number of sulfonamides is 1. The topological polar surface area (TPSA) is 88.2 Å². The van der Waals surface area contributed by atoms with Crippen molar-refractivity contribution in [2.24, 2.45) is 0 Å². The fourth-order valence-corrected chi connectivity index (χ4v) is 3.72. The van der Waals surface area contributed by atoms with E-state index in [1.807, 2.05) is 31.2 Å². The Hall–Kier alpha value is -3.03. The minimum Gasteiger partial charge on any atom is -0.348 e. The van der Waals surface area contributed by atoms with Crippen molar-refractivity contribution >= 4 is 15.9 Å². The predicted molar refractivity (Wildman–Crippen MR) is 107 cm³/mol. The minimum atomic E-state index is -3.75. The molecule has 144 valence electrons. The van der Waals surface area contributed by atoms with Crippen LogP contribution in [0.2, 0.25) is 0 Å². The second kappa shape index (κ2) is 8.77. The van der Waals surface area contributed by atoms with E-state index >= 15 is 0 Å². The van der Waals surface area contributed by atoms with Gasteiger partial charge in [-0.05, 0) is 47.9 Å². The average Bonchev–Trinajstić information content (AvgIpc) is 2.72. The van der Waals surface area contributed by atoms with Gasteiger partial charge in [-0.15, -0.1) is 0 Å². The van der Waals surface area contributed by atoms with E-state index in [0.29, 0.717) is 6.54 Å². The number of amides is 1. The molecule has 0 saturated carbocycles. The summed E-state index contributed by atoms with van der Waals surface area (Å²) in [6.45, 7) is 2.48. The van der Waals surface area contributed by atoms with E-state index in [1.165, 1.54) is 12.1 Å². The summed E-state index contributed by atoms with van der Waals surface area (Å²) in [5.74, 6) is -0.326. The molecule has 1 heterocycles. The maximum atomic E-state index is 12.5. The van der Waals surface area contributed by atoms with Gasteiger partial charge < -0.3 is 5.32 Å². The summed E-state index contributed by atoms with van der Waals surface area (Å²) in [6.07, 6.45) is 3.22. The van der Waals surface area contributed by atoms with Gasteiger partial charge in [0.1, 0.15) is 0 Å². The molecular weight excluding hydrogens is 374 g/mol. The maximum absolute atomic E-state index is 12.5. The van der Waals surface area contributed by atoms with Gasteiger partial charge in [0.2, 0.25) is 10.0 Å². The van der Waals surface area contributed by atoms with Crippen LogP contribution in [0.15, 0.2) is 78.0 Å². The number of pyridine rings is 1. The number of hydrogen-bond donors (Lipinski definition) is 2. The highest BCUT2D eigenvalue weighted by Crippen LogP contribution is 2.13. The fraction of sp³-hybridized carbons (Fsp3) is 0.143. The first-order valence-corrected chi connectivity index (χ1v) is 10.3. The highest BCUT2D eigenvalue weighted by Gasteiger charge is 2.16. The molecule has 2 N–H and O–H groups in total. The number of nitrogens with zero attached hydrogens (tertiary/aromatic N) is 1. The lowest BCUT2D eigenvalue weighted by molar-refractivity contribution is 0.0950. The summed E-state index contributed by atoms with van der Waals surface area (Å²) < 4.78 is 27.6. The number of rotatable bonds is 7. The molecular formula is C21H21N3O3S. The van der Waals surface area contributed by atoms with Gasteiger partial charge in [0.05, 0.1) is 4.90 Å². The standard InChI is InChI=1S/C21H21N3O3S/c1-16-6-2-3-8-19(16)15-23-21(25)18-9-4-10-20(12-18)28(26,27)24-14-17-7-5-11-22-13-17/h2-13,24H,14-15H2,1H3,(H,23,25). The van der Waals surface area contributed by atoms with Crippen LogP contribution < -0.4 is 10.0 Å². The highest BCUT2D eigenvalue weighted by molar-refractivity contribution is 7.89. The quantitative estimate of drug-likeness (QED) is 0.644. The van der Waals surface area contributed by atoms with Crippen molar-refractivity contribution in [3.63, 3.8) is 0 Å². The van der Waals surface area contributed by atoms with Crippen LogP contribution in [0, 0.1) is 6.92 Å². The molecule has 0 radical (unpaired) electrons. The van der Waals surface area contributed by atoms with Crippen LogP contribution in [0.1, 0.15) is 27.0 Å². The van der Waals surface area contributed by atoms with Crippen LogP contribution in [0.25, 0.3) is 0 Å². The normalized spacial score (nSPS) is 11.2. The molecule has 0 aliphatic carbocycles. The van der Waals surface area contributed by atoms with Gasteiger partial charge in [-0.2, -0.15) is 0 Å². The van der Waals surface area contributed by atoms with E-state index in [0.717, 1.165) is 16.7 Å². The fourth-order valence-electron chi connectivity index (χ4n) is 2.65. The van der Waals surface area contributed by atoms with Crippen molar-refractivity contribution in [1.82, 2.24) is 15.0 Å². The van der Waals surface area contributed by atoms with E-state index in [-0.39, 0.29) is 22.9 Å². The summed E-state index contributed by atoms with van der Waals surface area (Å²) in [6, 6.07) is 17.3. The van der Waals surface area contributed by atoms with Crippen LogP contribution in [0.4, 0.5) is 0 Å². The molecule has 1 aromatic heterocycles. The Morgan fingerprint density at radius 2 is 1.82 bits per heavy atom. The van der Waals surface area contributed by atoms with Crippen LogP contribution in [-0.4, -0.2) is 19.3 Å². The smallest absolute Gasteiger partial charge is 0.251 e. The van der Waals surface area contributed by atoms with Crippen LogP contribution in [0.3, 0.4) is 0 Å². The third kappa shape index (κ3) is 5.03. The Bertz CT molecular complexity index is 1070. The Balaban J connectivity index is 1.68. The van der Waals surface area contributed by atoms with Gasteiger partial charge in [-0.3, -0.25) is 9.78 Å². The summed E-state index contributed by atoms with van der Waals surface area (Å²) in [5.41, 5.74) is 3.13. The number of aromatic nitrogens is 1. The lowest BCUT2D eigenvalue weighted by atomic mass is 10.1. The molecule has 0 unspecified atom stereocenters. The SMILES string of the molecule is Cc1ccccc1CNC(=O)c1cccc(S(=O)(=O)NCc2cccnc2)c1. The van der Waals surface area contributed by atoms with Crippen LogP contribution >= 0.6 is 0 Å². The monoisotopic (exact) mass is 395 g/mol. The molecule has 0 bridgehead atoms. The van der Waals surface area contributed by atoms with E-state index in [4.69, 9.17) is 0 Å². The number of carbonyl (C=O) groups excluding carboxylic acids is 1. The molecule has 0 fully saturated rings. The van der Waals surface area contributed by atoms with Gasteiger partial charge in [0.15, 0.2) is 0 Å². The van der Waals surface area contributed by atoms with Crippen molar-refractivity contribution in [2.45, 2.75) is 24.9 Å². The van der Waals surface area contributed by atoms with Crippen molar-refractivity contribution in [2.75, 3.05) is 0 Å². The van der Waals surface area contributed by atoms with Crippen LogP contribution in [-0.2, 0) is 23.1 Å². The molecule has 7 heteroatoms. The zero-order valence-corrected chi connectivity index (χ0v) is 16.2. The first-order chi connectivity index (χ1) is 13.5. The second-order valence-electron chi connectivity index (χ2n) is 6.32. The molecule has 3 rings (SSSR count). The Kier molecular flexibility index (Phi) is 6.18. The molecule has 0 spiro atoms. The van der Waals surface area contributed by atoms with Gasteiger partial charge in [-0.25, -0.2) is 13.1 Å². The predicted octanol–water partition coefficient (Wildman–Crippen LogP) is 2.80. The first-order valence-electron chi connectivity index (χ1n) is 8.77. The van der Waals surface area contributed by atoms with Crippen molar-refractivity contribution in [3.8, 4) is 0 Å². The van der Waals surface area contributed by atoms with Crippen molar-refractivity contribution in [3.05, 3.63) is 95.3 Å². The minimum absolute atomic E-state index is 0.0416. The Labute approximate surface area is 164 Å². The number of nitrogens with one attached hydrogen (secondary N) is 2. The lowest BCUT2D eigenvalue weighted by Crippen LogP contribution is -2.25.